The molecular formula is C21H20N2O2. The van der Waals surface area contributed by atoms with Gasteiger partial charge in [-0.25, -0.2) is 0 Å². The molecule has 126 valence electrons. The first-order valence-electron chi connectivity index (χ1n) is 9.00. The van der Waals surface area contributed by atoms with Crippen molar-refractivity contribution in [1.82, 2.24) is 10.6 Å². The summed E-state index contributed by atoms with van der Waals surface area (Å²) in [6, 6.07) is 12.3. The molecule has 4 nitrogen and oxygen atoms in total. The highest BCUT2D eigenvalue weighted by Gasteiger charge is 2.34. The van der Waals surface area contributed by atoms with Crippen LogP contribution in [-0.2, 0) is 6.42 Å². The number of nitrogens with one attached hydrogen (secondary N) is 2. The summed E-state index contributed by atoms with van der Waals surface area (Å²) >= 11 is 0. The molecule has 2 atom stereocenters. The lowest BCUT2D eigenvalue weighted by Crippen LogP contribution is -2.28. The van der Waals surface area contributed by atoms with Crippen LogP contribution in [0.2, 0.25) is 0 Å². The predicted molar refractivity (Wildman–Crippen MR) is 96.0 cm³/mol. The van der Waals surface area contributed by atoms with Gasteiger partial charge in [-0.3, -0.25) is 9.59 Å². The van der Waals surface area contributed by atoms with Crippen molar-refractivity contribution < 1.29 is 9.59 Å². The Morgan fingerprint density at radius 3 is 2.52 bits per heavy atom. The van der Waals surface area contributed by atoms with Crippen LogP contribution in [0.3, 0.4) is 0 Å². The maximum atomic E-state index is 12.6. The van der Waals surface area contributed by atoms with Crippen molar-refractivity contribution in [2.45, 2.75) is 18.8 Å². The van der Waals surface area contributed by atoms with Crippen LogP contribution in [0.4, 0.5) is 0 Å². The van der Waals surface area contributed by atoms with Gasteiger partial charge in [0.15, 0.2) is 5.78 Å². The molecule has 2 heterocycles. The van der Waals surface area contributed by atoms with E-state index in [0.717, 1.165) is 59.4 Å². The number of amides is 1. The molecule has 1 saturated heterocycles. The van der Waals surface area contributed by atoms with Gasteiger partial charge in [-0.05, 0) is 46.7 Å². The summed E-state index contributed by atoms with van der Waals surface area (Å²) in [7, 11) is 0. The Morgan fingerprint density at radius 2 is 1.64 bits per heavy atom. The molecule has 2 aromatic rings. The van der Waals surface area contributed by atoms with Crippen LogP contribution in [0.25, 0.3) is 11.1 Å². The van der Waals surface area contributed by atoms with Crippen LogP contribution in [0, 0.1) is 5.92 Å². The van der Waals surface area contributed by atoms with Crippen molar-refractivity contribution in [3.05, 3.63) is 58.7 Å². The second-order valence-electron chi connectivity index (χ2n) is 7.33. The van der Waals surface area contributed by atoms with Gasteiger partial charge in [0.2, 0.25) is 0 Å². The summed E-state index contributed by atoms with van der Waals surface area (Å²) < 4.78 is 0. The SMILES string of the molecule is O=C1CCc2ccc(-c3ccc4c(c3)C(=O)NC[C@@H]3CNC[C@@H]43)cc21. The fourth-order valence-corrected chi connectivity index (χ4v) is 4.50. The molecule has 0 bridgehead atoms. The van der Waals surface area contributed by atoms with Gasteiger partial charge in [-0.2, -0.15) is 0 Å². The summed E-state index contributed by atoms with van der Waals surface area (Å²) in [4.78, 5) is 24.6. The number of Topliss-reactive ketones (excluding diaryl/α,β-unsaturated/α-hetero) is 1. The second-order valence-corrected chi connectivity index (χ2v) is 7.33. The average Bonchev–Trinajstić information content (AvgIpc) is 3.23. The molecule has 2 aliphatic heterocycles. The Kier molecular flexibility index (Phi) is 3.28. The van der Waals surface area contributed by atoms with Crippen LogP contribution >= 0.6 is 0 Å². The maximum Gasteiger partial charge on any atom is 0.251 e. The highest BCUT2D eigenvalue weighted by Crippen LogP contribution is 2.35. The Morgan fingerprint density at radius 1 is 0.840 bits per heavy atom. The van der Waals surface area contributed by atoms with E-state index in [9.17, 15) is 9.59 Å². The second kappa shape index (κ2) is 5.53. The molecule has 1 fully saturated rings. The Hall–Kier alpha value is -2.46. The topological polar surface area (TPSA) is 58.2 Å². The number of ketones is 1. The lowest BCUT2D eigenvalue weighted by Gasteiger charge is -2.17. The van der Waals surface area contributed by atoms with Crippen molar-refractivity contribution in [3.8, 4) is 11.1 Å². The third kappa shape index (κ3) is 2.32. The molecular weight excluding hydrogens is 312 g/mol. The lowest BCUT2D eigenvalue weighted by atomic mass is 9.86. The van der Waals surface area contributed by atoms with Gasteiger partial charge in [0.1, 0.15) is 0 Å². The Bertz CT molecular complexity index is 903. The number of carbonyl (C=O) groups is 2. The van der Waals surface area contributed by atoms with Crippen LogP contribution < -0.4 is 10.6 Å². The van der Waals surface area contributed by atoms with Gasteiger partial charge in [-0.1, -0.05) is 24.3 Å². The first-order chi connectivity index (χ1) is 12.2. The van der Waals surface area contributed by atoms with Gasteiger partial charge in [0, 0.05) is 43.1 Å². The van der Waals surface area contributed by atoms with Gasteiger partial charge in [0.25, 0.3) is 5.91 Å². The normalized spacial score (nSPS) is 24.3. The fourth-order valence-electron chi connectivity index (χ4n) is 4.50. The molecule has 2 aromatic carbocycles. The average molecular weight is 332 g/mol. The molecule has 3 aliphatic rings. The Labute approximate surface area is 146 Å². The Balaban J connectivity index is 1.60. The van der Waals surface area contributed by atoms with Gasteiger partial charge in [-0.15, -0.1) is 0 Å². The molecule has 25 heavy (non-hydrogen) atoms. The van der Waals surface area contributed by atoms with Crippen molar-refractivity contribution in [1.29, 1.82) is 0 Å². The quantitative estimate of drug-likeness (QED) is 0.844. The zero-order chi connectivity index (χ0) is 17.0. The van der Waals surface area contributed by atoms with E-state index >= 15 is 0 Å². The minimum atomic E-state index is 0.0171. The zero-order valence-electron chi connectivity index (χ0n) is 14.0. The molecule has 0 spiro atoms. The molecule has 1 amide bonds. The van der Waals surface area contributed by atoms with E-state index in [1.54, 1.807) is 0 Å². The number of hydrogen-bond acceptors (Lipinski definition) is 3. The van der Waals surface area contributed by atoms with Crippen molar-refractivity contribution in [3.63, 3.8) is 0 Å². The summed E-state index contributed by atoms with van der Waals surface area (Å²) in [6.07, 6.45) is 1.46. The van der Waals surface area contributed by atoms with E-state index in [2.05, 4.69) is 34.9 Å². The third-order valence-electron chi connectivity index (χ3n) is 5.93. The molecule has 0 radical (unpaired) electrons. The smallest absolute Gasteiger partial charge is 0.251 e. The highest BCUT2D eigenvalue weighted by molar-refractivity contribution is 6.02. The zero-order valence-corrected chi connectivity index (χ0v) is 14.0. The summed E-state index contributed by atoms with van der Waals surface area (Å²) in [5, 5.41) is 6.50. The van der Waals surface area contributed by atoms with Gasteiger partial charge in [0.05, 0.1) is 0 Å². The predicted octanol–water partition coefficient (Wildman–Crippen LogP) is 2.53. The third-order valence-corrected chi connectivity index (χ3v) is 5.93. The first-order valence-corrected chi connectivity index (χ1v) is 9.00. The molecule has 0 unspecified atom stereocenters. The van der Waals surface area contributed by atoms with Gasteiger partial charge < -0.3 is 10.6 Å². The minimum Gasteiger partial charge on any atom is -0.352 e. The lowest BCUT2D eigenvalue weighted by molar-refractivity contribution is 0.0951. The molecule has 4 heteroatoms. The minimum absolute atomic E-state index is 0.0171. The number of fused-ring (bicyclic) bond motifs is 4. The number of carbonyl (C=O) groups excluding carboxylic acids is 2. The van der Waals surface area contributed by atoms with E-state index in [1.165, 1.54) is 0 Å². The van der Waals surface area contributed by atoms with Crippen LogP contribution in [0.1, 0.15) is 44.2 Å². The molecule has 5 rings (SSSR count). The number of aryl methyl sites for hydroxylation is 1. The summed E-state index contributed by atoms with van der Waals surface area (Å²) in [5.74, 6) is 1.10. The maximum absolute atomic E-state index is 12.6. The molecule has 0 aromatic heterocycles. The van der Waals surface area contributed by atoms with E-state index in [-0.39, 0.29) is 11.7 Å². The molecule has 1 aliphatic carbocycles. The van der Waals surface area contributed by atoms with E-state index in [0.29, 0.717) is 18.3 Å². The summed E-state index contributed by atoms with van der Waals surface area (Å²) in [6.45, 7) is 2.62. The van der Waals surface area contributed by atoms with E-state index in [1.807, 2.05) is 12.1 Å². The molecule has 2 N–H and O–H groups in total. The summed E-state index contributed by atoms with van der Waals surface area (Å²) in [5.41, 5.74) is 5.92. The first kappa shape index (κ1) is 14.8. The van der Waals surface area contributed by atoms with Crippen molar-refractivity contribution in [2.24, 2.45) is 5.92 Å². The number of hydrogen-bond donors (Lipinski definition) is 2. The van der Waals surface area contributed by atoms with E-state index in [4.69, 9.17) is 0 Å². The monoisotopic (exact) mass is 332 g/mol. The van der Waals surface area contributed by atoms with Crippen molar-refractivity contribution >= 4 is 11.7 Å². The number of benzene rings is 2. The molecule has 0 saturated carbocycles. The number of rotatable bonds is 1. The largest absolute Gasteiger partial charge is 0.352 e. The van der Waals surface area contributed by atoms with Crippen LogP contribution in [-0.4, -0.2) is 31.3 Å². The van der Waals surface area contributed by atoms with E-state index < -0.39 is 0 Å². The van der Waals surface area contributed by atoms with Gasteiger partial charge >= 0.3 is 0 Å². The van der Waals surface area contributed by atoms with Crippen LogP contribution in [0.15, 0.2) is 36.4 Å². The standard InChI is InChI=1S/C21H20N2O2/c24-20-6-4-12-1-2-13(7-17(12)20)14-3-5-16-18(8-14)21(25)23-10-15-9-22-11-19(15)16/h1-3,5,7-8,15,19,22H,4,6,9-11H2,(H,23,25)/t15-,19+/m0/s1. The fraction of sp³-hybridized carbons (Fsp3) is 0.333. The van der Waals surface area contributed by atoms with Crippen LogP contribution in [0.5, 0.6) is 0 Å². The van der Waals surface area contributed by atoms with Crippen molar-refractivity contribution in [2.75, 3.05) is 19.6 Å². The highest BCUT2D eigenvalue weighted by atomic mass is 16.1.